The van der Waals surface area contributed by atoms with Crippen LogP contribution in [0.5, 0.6) is 0 Å². The molecule has 74 valence electrons. The Balaban J connectivity index is 3.04. The Hall–Kier alpha value is -0.970. The normalized spacial score (nSPS) is 13.7. The molecule has 5 heteroatoms. The molecule has 0 bridgehead atoms. The second-order valence-electron chi connectivity index (χ2n) is 2.90. The highest BCUT2D eigenvalue weighted by Gasteiger charge is 2.16. The van der Waals surface area contributed by atoms with E-state index in [-0.39, 0.29) is 11.7 Å². The Morgan fingerprint density at radius 1 is 1.62 bits per heavy atom. The third-order valence-corrected chi connectivity index (χ3v) is 1.82. The molecule has 2 N–H and O–H groups in total. The number of hydrogen-bond donors (Lipinski definition) is 1. The van der Waals surface area contributed by atoms with Gasteiger partial charge in [0.2, 0.25) is 0 Å². The van der Waals surface area contributed by atoms with Crippen molar-refractivity contribution in [3.8, 4) is 0 Å². The Bertz CT molecular complexity index is 281. The summed E-state index contributed by atoms with van der Waals surface area (Å²) in [6, 6.07) is 1.10. The standard InChI is InChI=1S/C8H13F2N3/c1-3-13-7(5(2)11)4-6(12-13)8(9)10/h4-5,8H,3,11H2,1-2H3/t5-/m1/s1. The highest BCUT2D eigenvalue weighted by molar-refractivity contribution is 5.14. The maximum absolute atomic E-state index is 12.2. The summed E-state index contributed by atoms with van der Waals surface area (Å²) in [5, 5.41) is 3.74. The molecular weight excluding hydrogens is 176 g/mol. The molecule has 3 nitrogen and oxygen atoms in total. The van der Waals surface area contributed by atoms with Crippen LogP contribution in [0.1, 0.15) is 37.7 Å². The van der Waals surface area contributed by atoms with Crippen LogP contribution in [0.15, 0.2) is 6.07 Å². The maximum Gasteiger partial charge on any atom is 0.282 e. The number of halogens is 2. The molecule has 0 saturated carbocycles. The lowest BCUT2D eigenvalue weighted by Crippen LogP contribution is -2.12. The molecule has 0 aromatic carbocycles. The zero-order valence-electron chi connectivity index (χ0n) is 7.67. The molecule has 1 aromatic heterocycles. The molecule has 0 aliphatic rings. The van der Waals surface area contributed by atoms with E-state index in [1.807, 2.05) is 6.92 Å². The first kappa shape index (κ1) is 10.1. The first-order valence-electron chi connectivity index (χ1n) is 4.17. The van der Waals surface area contributed by atoms with E-state index in [4.69, 9.17) is 5.73 Å². The fourth-order valence-corrected chi connectivity index (χ4v) is 1.18. The number of rotatable bonds is 3. The number of hydrogen-bond acceptors (Lipinski definition) is 2. The van der Waals surface area contributed by atoms with Crippen molar-refractivity contribution in [1.29, 1.82) is 0 Å². The summed E-state index contributed by atoms with van der Waals surface area (Å²) in [5.74, 6) is 0. The summed E-state index contributed by atoms with van der Waals surface area (Å²) in [6.45, 7) is 4.15. The van der Waals surface area contributed by atoms with Gasteiger partial charge in [-0.05, 0) is 19.9 Å². The van der Waals surface area contributed by atoms with E-state index < -0.39 is 6.43 Å². The maximum atomic E-state index is 12.2. The van der Waals surface area contributed by atoms with Crippen LogP contribution in [0.4, 0.5) is 8.78 Å². The highest BCUT2D eigenvalue weighted by atomic mass is 19.3. The van der Waals surface area contributed by atoms with Gasteiger partial charge < -0.3 is 5.73 Å². The van der Waals surface area contributed by atoms with Gasteiger partial charge in [0.05, 0.1) is 5.69 Å². The molecule has 1 rings (SSSR count). The number of nitrogens with two attached hydrogens (primary N) is 1. The minimum atomic E-state index is -2.52. The van der Waals surface area contributed by atoms with Crippen LogP contribution in [0.2, 0.25) is 0 Å². The van der Waals surface area contributed by atoms with Gasteiger partial charge in [-0.2, -0.15) is 5.10 Å². The molecule has 13 heavy (non-hydrogen) atoms. The number of nitrogens with zero attached hydrogens (tertiary/aromatic N) is 2. The van der Waals surface area contributed by atoms with Crippen LogP contribution in [-0.4, -0.2) is 9.78 Å². The number of alkyl halides is 2. The molecule has 0 aliphatic carbocycles. The number of aryl methyl sites for hydroxylation is 1. The van der Waals surface area contributed by atoms with E-state index in [2.05, 4.69) is 5.10 Å². The Labute approximate surface area is 75.5 Å². The van der Waals surface area contributed by atoms with Gasteiger partial charge in [-0.1, -0.05) is 0 Å². The average molecular weight is 189 g/mol. The van der Waals surface area contributed by atoms with Crippen LogP contribution in [0.3, 0.4) is 0 Å². The second-order valence-corrected chi connectivity index (χ2v) is 2.90. The smallest absolute Gasteiger partial charge is 0.282 e. The van der Waals surface area contributed by atoms with Crippen molar-refractivity contribution in [2.45, 2.75) is 32.9 Å². The van der Waals surface area contributed by atoms with Gasteiger partial charge in [0, 0.05) is 12.6 Å². The zero-order chi connectivity index (χ0) is 10.0. The van der Waals surface area contributed by atoms with Crippen molar-refractivity contribution >= 4 is 0 Å². The van der Waals surface area contributed by atoms with E-state index >= 15 is 0 Å². The molecule has 0 saturated heterocycles. The Morgan fingerprint density at radius 3 is 2.54 bits per heavy atom. The van der Waals surface area contributed by atoms with Crippen molar-refractivity contribution in [3.05, 3.63) is 17.5 Å². The van der Waals surface area contributed by atoms with Crippen LogP contribution in [-0.2, 0) is 6.54 Å². The summed E-state index contributed by atoms with van der Waals surface area (Å²) in [5.41, 5.74) is 6.05. The third kappa shape index (κ3) is 2.03. The molecule has 0 unspecified atom stereocenters. The van der Waals surface area contributed by atoms with Gasteiger partial charge >= 0.3 is 0 Å². The van der Waals surface area contributed by atoms with E-state index in [1.54, 1.807) is 6.92 Å². The minimum Gasteiger partial charge on any atom is -0.323 e. The average Bonchev–Trinajstić information content (AvgIpc) is 2.47. The van der Waals surface area contributed by atoms with Gasteiger partial charge in [0.1, 0.15) is 5.69 Å². The lowest BCUT2D eigenvalue weighted by Gasteiger charge is -2.06. The fourth-order valence-electron chi connectivity index (χ4n) is 1.18. The van der Waals surface area contributed by atoms with Gasteiger partial charge in [0.25, 0.3) is 6.43 Å². The molecule has 0 radical (unpaired) electrons. The number of aromatic nitrogens is 2. The topological polar surface area (TPSA) is 43.8 Å². The predicted molar refractivity (Wildman–Crippen MR) is 45.5 cm³/mol. The predicted octanol–water partition coefficient (Wildman–Crippen LogP) is 1.86. The summed E-state index contributed by atoms with van der Waals surface area (Å²) < 4.78 is 26.0. The van der Waals surface area contributed by atoms with Crippen LogP contribution in [0.25, 0.3) is 0 Å². The monoisotopic (exact) mass is 189 g/mol. The van der Waals surface area contributed by atoms with Crippen molar-refractivity contribution < 1.29 is 8.78 Å². The summed E-state index contributed by atoms with van der Waals surface area (Å²) in [4.78, 5) is 0. The van der Waals surface area contributed by atoms with Gasteiger partial charge in [-0.3, -0.25) is 4.68 Å². The lowest BCUT2D eigenvalue weighted by atomic mass is 10.2. The van der Waals surface area contributed by atoms with Gasteiger partial charge in [-0.15, -0.1) is 0 Å². The Kier molecular flexibility index (Phi) is 2.98. The molecule has 0 aliphatic heterocycles. The third-order valence-electron chi connectivity index (χ3n) is 1.82. The first-order valence-corrected chi connectivity index (χ1v) is 4.17. The van der Waals surface area contributed by atoms with Crippen molar-refractivity contribution in [3.63, 3.8) is 0 Å². The SMILES string of the molecule is CCn1nc(C(F)F)cc1[C@@H](C)N. The fraction of sp³-hybridized carbons (Fsp3) is 0.625. The summed E-state index contributed by atoms with van der Waals surface area (Å²) in [7, 11) is 0. The second kappa shape index (κ2) is 3.83. The highest BCUT2D eigenvalue weighted by Crippen LogP contribution is 2.20. The van der Waals surface area contributed by atoms with Crippen molar-refractivity contribution in [2.24, 2.45) is 5.73 Å². The quantitative estimate of drug-likeness (QED) is 0.788. The lowest BCUT2D eigenvalue weighted by molar-refractivity contribution is 0.145. The summed E-state index contributed by atoms with van der Waals surface area (Å²) >= 11 is 0. The van der Waals surface area contributed by atoms with Gasteiger partial charge in [0.15, 0.2) is 0 Å². The van der Waals surface area contributed by atoms with Crippen molar-refractivity contribution in [1.82, 2.24) is 9.78 Å². The van der Waals surface area contributed by atoms with E-state index in [0.717, 1.165) is 0 Å². The first-order chi connectivity index (χ1) is 6.06. The van der Waals surface area contributed by atoms with Crippen LogP contribution < -0.4 is 5.73 Å². The molecule has 0 amide bonds. The van der Waals surface area contributed by atoms with E-state index in [9.17, 15) is 8.78 Å². The van der Waals surface area contributed by atoms with E-state index in [1.165, 1.54) is 10.7 Å². The molecule has 1 aromatic rings. The van der Waals surface area contributed by atoms with Crippen molar-refractivity contribution in [2.75, 3.05) is 0 Å². The molecular formula is C8H13F2N3. The van der Waals surface area contributed by atoms with Crippen LogP contribution in [0, 0.1) is 0 Å². The van der Waals surface area contributed by atoms with Crippen LogP contribution >= 0.6 is 0 Å². The minimum absolute atomic E-state index is 0.200. The molecule has 1 atom stereocenters. The largest absolute Gasteiger partial charge is 0.323 e. The van der Waals surface area contributed by atoms with Gasteiger partial charge in [-0.25, -0.2) is 8.78 Å². The Morgan fingerprint density at radius 2 is 2.23 bits per heavy atom. The van der Waals surface area contributed by atoms with E-state index in [0.29, 0.717) is 12.2 Å². The summed E-state index contributed by atoms with van der Waals surface area (Å²) in [6.07, 6.45) is -2.52. The molecule has 1 heterocycles. The molecule has 0 fully saturated rings. The zero-order valence-corrected chi connectivity index (χ0v) is 7.67. The molecule has 0 spiro atoms.